The van der Waals surface area contributed by atoms with Gasteiger partial charge in [-0.15, -0.1) is 0 Å². The molecular formula is C19H22N4O5. The first kappa shape index (κ1) is 19.6. The van der Waals surface area contributed by atoms with E-state index in [0.29, 0.717) is 18.8 Å². The minimum Gasteiger partial charge on any atom is -0.497 e. The summed E-state index contributed by atoms with van der Waals surface area (Å²) in [5, 5.41) is 22.3. The number of hydrogen-bond donors (Lipinski definition) is 0. The van der Waals surface area contributed by atoms with Crippen LogP contribution in [-0.4, -0.2) is 48.0 Å². The first-order valence-electron chi connectivity index (χ1n) is 9.01. The van der Waals surface area contributed by atoms with Gasteiger partial charge in [0.25, 0.3) is 11.4 Å². The maximum Gasteiger partial charge on any atom is 0.299 e. The van der Waals surface area contributed by atoms with E-state index in [4.69, 9.17) is 4.74 Å². The summed E-state index contributed by atoms with van der Waals surface area (Å²) in [7, 11) is 1.63. The van der Waals surface area contributed by atoms with E-state index >= 15 is 0 Å². The van der Waals surface area contributed by atoms with E-state index in [-0.39, 0.29) is 11.4 Å². The molecule has 0 bridgehead atoms. The number of benzene rings is 2. The van der Waals surface area contributed by atoms with E-state index in [9.17, 15) is 20.2 Å². The van der Waals surface area contributed by atoms with Gasteiger partial charge < -0.3 is 9.64 Å². The van der Waals surface area contributed by atoms with Crippen molar-refractivity contribution in [2.75, 3.05) is 38.2 Å². The molecule has 1 fully saturated rings. The number of anilines is 1. The number of rotatable bonds is 6. The lowest BCUT2D eigenvalue weighted by molar-refractivity contribution is -0.393. The molecule has 1 aliphatic heterocycles. The third-order valence-corrected chi connectivity index (χ3v) is 4.86. The van der Waals surface area contributed by atoms with Crippen LogP contribution in [0.4, 0.5) is 17.1 Å². The molecule has 0 N–H and O–H groups in total. The Morgan fingerprint density at radius 3 is 2.36 bits per heavy atom. The molecule has 0 unspecified atom stereocenters. The number of ether oxygens (including phenoxy) is 1. The predicted molar refractivity (Wildman–Crippen MR) is 105 cm³/mol. The first-order valence-corrected chi connectivity index (χ1v) is 9.01. The summed E-state index contributed by atoms with van der Waals surface area (Å²) < 4.78 is 5.18. The number of non-ortho nitro benzene ring substituents is 1. The van der Waals surface area contributed by atoms with Crippen LogP contribution >= 0.6 is 0 Å². The van der Waals surface area contributed by atoms with Crippen molar-refractivity contribution < 1.29 is 14.6 Å². The molecule has 148 valence electrons. The molecule has 0 atom stereocenters. The Labute approximate surface area is 162 Å². The molecular weight excluding hydrogens is 364 g/mol. The van der Waals surface area contributed by atoms with E-state index in [1.54, 1.807) is 7.11 Å². The Morgan fingerprint density at radius 2 is 1.71 bits per heavy atom. The number of hydrogen-bond acceptors (Lipinski definition) is 7. The highest BCUT2D eigenvalue weighted by atomic mass is 16.6. The highest BCUT2D eigenvalue weighted by molar-refractivity contribution is 5.66. The monoisotopic (exact) mass is 386 g/mol. The van der Waals surface area contributed by atoms with Crippen LogP contribution in [0.3, 0.4) is 0 Å². The van der Waals surface area contributed by atoms with Crippen molar-refractivity contribution in [2.24, 2.45) is 0 Å². The maximum absolute atomic E-state index is 11.4. The zero-order chi connectivity index (χ0) is 20.1. The van der Waals surface area contributed by atoms with E-state index in [1.807, 2.05) is 29.2 Å². The molecule has 0 aromatic heterocycles. The van der Waals surface area contributed by atoms with E-state index in [1.165, 1.54) is 17.7 Å². The fourth-order valence-corrected chi connectivity index (χ4v) is 3.40. The third-order valence-electron chi connectivity index (χ3n) is 4.86. The largest absolute Gasteiger partial charge is 0.497 e. The third kappa shape index (κ3) is 4.55. The average molecular weight is 386 g/mol. The summed E-state index contributed by atoms with van der Waals surface area (Å²) in [6.07, 6.45) is 0.851. The van der Waals surface area contributed by atoms with Gasteiger partial charge in [0, 0.05) is 38.8 Å². The second kappa shape index (κ2) is 8.66. The smallest absolute Gasteiger partial charge is 0.299 e. The van der Waals surface area contributed by atoms with Crippen molar-refractivity contribution in [2.45, 2.75) is 13.0 Å². The lowest BCUT2D eigenvalue weighted by atomic mass is 10.2. The minimum absolute atomic E-state index is 0.224. The Kier molecular flexibility index (Phi) is 6.05. The van der Waals surface area contributed by atoms with Crippen LogP contribution in [0, 0.1) is 20.2 Å². The van der Waals surface area contributed by atoms with Gasteiger partial charge in [-0.25, -0.2) is 0 Å². The van der Waals surface area contributed by atoms with Gasteiger partial charge in [-0.3, -0.25) is 25.1 Å². The fraction of sp³-hybridized carbons (Fsp3) is 0.368. The quantitative estimate of drug-likeness (QED) is 0.555. The van der Waals surface area contributed by atoms with Crippen molar-refractivity contribution >= 4 is 17.1 Å². The number of methoxy groups -OCH3 is 1. The number of nitro benzene ring substituents is 2. The van der Waals surface area contributed by atoms with Crippen molar-refractivity contribution in [3.63, 3.8) is 0 Å². The molecule has 0 spiro atoms. The van der Waals surface area contributed by atoms with Crippen LogP contribution in [-0.2, 0) is 6.54 Å². The standard InChI is InChI=1S/C19H22N4O5/c1-28-17-6-3-15(4-7-17)14-20-9-2-10-21(12-11-20)18-8-5-16(22(24)25)13-19(18)23(26)27/h3-8,13H,2,9-12,14H2,1H3. The van der Waals surface area contributed by atoms with Gasteiger partial charge in [-0.2, -0.15) is 0 Å². The normalized spacial score (nSPS) is 15.1. The molecule has 2 aromatic rings. The van der Waals surface area contributed by atoms with Crippen LogP contribution in [0.15, 0.2) is 42.5 Å². The Balaban J connectivity index is 1.71. The Bertz CT molecular complexity index is 856. The summed E-state index contributed by atoms with van der Waals surface area (Å²) in [4.78, 5) is 25.4. The lowest BCUT2D eigenvalue weighted by Gasteiger charge is -2.23. The van der Waals surface area contributed by atoms with Crippen molar-refractivity contribution in [3.8, 4) is 5.75 Å². The van der Waals surface area contributed by atoms with Crippen LogP contribution in [0.25, 0.3) is 0 Å². The van der Waals surface area contributed by atoms with Gasteiger partial charge in [0.15, 0.2) is 0 Å². The highest BCUT2D eigenvalue weighted by Crippen LogP contribution is 2.32. The molecule has 3 rings (SSSR count). The lowest BCUT2D eigenvalue weighted by Crippen LogP contribution is -2.30. The molecule has 0 amide bonds. The zero-order valence-corrected chi connectivity index (χ0v) is 15.6. The van der Waals surface area contributed by atoms with E-state index in [0.717, 1.165) is 37.9 Å². The average Bonchev–Trinajstić information content (AvgIpc) is 2.93. The SMILES string of the molecule is COc1ccc(CN2CCCN(c3ccc([N+](=O)[O-])cc3[N+](=O)[O-])CC2)cc1. The molecule has 9 nitrogen and oxygen atoms in total. The zero-order valence-electron chi connectivity index (χ0n) is 15.6. The second-order valence-electron chi connectivity index (χ2n) is 6.65. The van der Waals surface area contributed by atoms with Gasteiger partial charge in [-0.1, -0.05) is 12.1 Å². The molecule has 9 heteroatoms. The summed E-state index contributed by atoms with van der Waals surface area (Å²) in [5.74, 6) is 0.816. The molecule has 0 aliphatic carbocycles. The Hall–Kier alpha value is -3.20. The van der Waals surface area contributed by atoms with Gasteiger partial charge in [-0.05, 0) is 30.2 Å². The maximum atomic E-state index is 11.4. The van der Waals surface area contributed by atoms with Gasteiger partial charge >= 0.3 is 0 Å². The predicted octanol–water partition coefficient (Wildman–Crippen LogP) is 3.22. The Morgan fingerprint density at radius 1 is 0.964 bits per heavy atom. The van der Waals surface area contributed by atoms with E-state index in [2.05, 4.69) is 4.90 Å². The molecule has 1 aliphatic rings. The molecule has 0 radical (unpaired) electrons. The van der Waals surface area contributed by atoms with Gasteiger partial charge in [0.2, 0.25) is 0 Å². The first-order chi connectivity index (χ1) is 13.5. The van der Waals surface area contributed by atoms with Crippen molar-refractivity contribution in [1.29, 1.82) is 0 Å². The van der Waals surface area contributed by atoms with Crippen molar-refractivity contribution in [1.82, 2.24) is 4.90 Å². The minimum atomic E-state index is -0.615. The van der Waals surface area contributed by atoms with Crippen LogP contribution in [0.5, 0.6) is 5.75 Å². The second-order valence-corrected chi connectivity index (χ2v) is 6.65. The topological polar surface area (TPSA) is 102 Å². The number of nitrogens with zero attached hydrogens (tertiary/aromatic N) is 4. The fourth-order valence-electron chi connectivity index (χ4n) is 3.40. The summed E-state index contributed by atoms with van der Waals surface area (Å²) >= 11 is 0. The molecule has 1 heterocycles. The van der Waals surface area contributed by atoms with Crippen LogP contribution < -0.4 is 9.64 Å². The molecule has 1 saturated heterocycles. The van der Waals surface area contributed by atoms with Gasteiger partial charge in [0.05, 0.1) is 23.0 Å². The summed E-state index contributed by atoms with van der Waals surface area (Å²) in [6.45, 7) is 3.70. The summed E-state index contributed by atoms with van der Waals surface area (Å²) in [5.41, 5.74) is 1.11. The molecule has 2 aromatic carbocycles. The molecule has 0 saturated carbocycles. The van der Waals surface area contributed by atoms with E-state index < -0.39 is 9.85 Å². The van der Waals surface area contributed by atoms with Gasteiger partial charge in [0.1, 0.15) is 11.4 Å². The molecule has 28 heavy (non-hydrogen) atoms. The summed E-state index contributed by atoms with van der Waals surface area (Å²) in [6, 6.07) is 11.8. The van der Waals surface area contributed by atoms with Crippen LogP contribution in [0.1, 0.15) is 12.0 Å². The highest BCUT2D eigenvalue weighted by Gasteiger charge is 2.25. The van der Waals surface area contributed by atoms with Crippen molar-refractivity contribution in [3.05, 3.63) is 68.3 Å². The van der Waals surface area contributed by atoms with Crippen LogP contribution in [0.2, 0.25) is 0 Å². The number of nitro groups is 2.